The van der Waals surface area contributed by atoms with Crippen LogP contribution in [0.3, 0.4) is 0 Å². The van der Waals surface area contributed by atoms with Gasteiger partial charge in [0.2, 0.25) is 10.0 Å². The van der Waals surface area contributed by atoms with Gasteiger partial charge in [0.05, 0.1) is 18.2 Å². The molecule has 1 aromatic heterocycles. The van der Waals surface area contributed by atoms with E-state index in [0.29, 0.717) is 18.7 Å². The number of furan rings is 1. The molecular formula is C15H20N2O6S. The standard InChI is InChI=1S/C15H20N2O6S/c1-24(21,22)16-7-11-4-5-12(23-11)13(18)17-8-10-3-2-6-15(10,9-17)14(19)20/h4-5,10,16H,2-3,6-9H2,1H3,(H,19,20)/t10-,15+/m0/s1. The second-order valence-corrected chi connectivity index (χ2v) is 8.43. The van der Waals surface area contributed by atoms with E-state index in [0.717, 1.165) is 19.1 Å². The minimum atomic E-state index is -3.35. The van der Waals surface area contributed by atoms with Crippen molar-refractivity contribution in [1.82, 2.24) is 9.62 Å². The molecule has 24 heavy (non-hydrogen) atoms. The van der Waals surface area contributed by atoms with Crippen molar-refractivity contribution < 1.29 is 27.5 Å². The number of rotatable bonds is 5. The van der Waals surface area contributed by atoms with Crippen molar-refractivity contribution >= 4 is 21.9 Å². The Kier molecular flexibility index (Phi) is 4.16. The highest BCUT2D eigenvalue weighted by Gasteiger charge is 2.56. The van der Waals surface area contributed by atoms with Gasteiger partial charge in [-0.25, -0.2) is 13.1 Å². The average Bonchev–Trinajstić information content (AvgIpc) is 3.17. The van der Waals surface area contributed by atoms with E-state index in [1.165, 1.54) is 17.0 Å². The van der Waals surface area contributed by atoms with Crippen LogP contribution >= 0.6 is 0 Å². The highest BCUT2D eigenvalue weighted by Crippen LogP contribution is 2.49. The first-order valence-electron chi connectivity index (χ1n) is 7.77. The molecule has 2 aliphatic rings. The summed E-state index contributed by atoms with van der Waals surface area (Å²) in [5.41, 5.74) is -0.830. The fourth-order valence-corrected chi connectivity index (χ4v) is 4.14. The Morgan fingerprint density at radius 2 is 2.21 bits per heavy atom. The summed E-state index contributed by atoms with van der Waals surface area (Å²) in [5, 5.41) is 9.57. The van der Waals surface area contributed by atoms with Crippen LogP contribution in [0.5, 0.6) is 0 Å². The molecule has 9 heteroatoms. The highest BCUT2D eigenvalue weighted by atomic mass is 32.2. The number of carboxylic acids is 1. The van der Waals surface area contributed by atoms with Crippen LogP contribution in [-0.4, -0.2) is 49.6 Å². The van der Waals surface area contributed by atoms with Gasteiger partial charge in [0.25, 0.3) is 5.91 Å². The Hall–Kier alpha value is -1.87. The average molecular weight is 356 g/mol. The Morgan fingerprint density at radius 1 is 1.46 bits per heavy atom. The molecule has 2 N–H and O–H groups in total. The van der Waals surface area contributed by atoms with Crippen molar-refractivity contribution in [1.29, 1.82) is 0 Å². The number of nitrogens with zero attached hydrogens (tertiary/aromatic N) is 1. The summed E-state index contributed by atoms with van der Waals surface area (Å²) < 4.78 is 29.9. The molecule has 1 amide bonds. The zero-order valence-electron chi connectivity index (χ0n) is 13.3. The van der Waals surface area contributed by atoms with E-state index in [-0.39, 0.29) is 30.7 Å². The van der Waals surface area contributed by atoms with Gasteiger partial charge in [-0.2, -0.15) is 0 Å². The van der Waals surface area contributed by atoms with Gasteiger partial charge in [-0.15, -0.1) is 0 Å². The third-order valence-corrected chi connectivity index (χ3v) is 5.63. The molecule has 1 aliphatic carbocycles. The van der Waals surface area contributed by atoms with Gasteiger partial charge in [0.15, 0.2) is 5.76 Å². The van der Waals surface area contributed by atoms with Crippen LogP contribution in [0, 0.1) is 11.3 Å². The highest BCUT2D eigenvalue weighted by molar-refractivity contribution is 7.88. The first kappa shape index (κ1) is 17.0. The topological polar surface area (TPSA) is 117 Å². The number of aliphatic carboxylic acids is 1. The third kappa shape index (κ3) is 3.05. The molecule has 2 fully saturated rings. The van der Waals surface area contributed by atoms with Gasteiger partial charge in [-0.05, 0) is 30.9 Å². The largest absolute Gasteiger partial charge is 0.481 e. The monoisotopic (exact) mass is 356 g/mol. The fourth-order valence-electron chi connectivity index (χ4n) is 3.74. The maximum Gasteiger partial charge on any atom is 0.311 e. The van der Waals surface area contributed by atoms with E-state index in [2.05, 4.69) is 4.72 Å². The molecule has 0 spiro atoms. The molecular weight excluding hydrogens is 336 g/mol. The Balaban J connectivity index is 1.70. The number of fused-ring (bicyclic) bond motifs is 1. The summed E-state index contributed by atoms with van der Waals surface area (Å²) in [7, 11) is -3.35. The van der Waals surface area contributed by atoms with Crippen molar-refractivity contribution in [3.8, 4) is 0 Å². The zero-order chi connectivity index (χ0) is 17.5. The van der Waals surface area contributed by atoms with Crippen LogP contribution in [0.4, 0.5) is 0 Å². The minimum Gasteiger partial charge on any atom is -0.481 e. The molecule has 0 radical (unpaired) electrons. The first-order valence-corrected chi connectivity index (χ1v) is 9.66. The number of carboxylic acid groups (broad SMARTS) is 1. The lowest BCUT2D eigenvalue weighted by molar-refractivity contribution is -0.149. The maximum atomic E-state index is 12.6. The summed E-state index contributed by atoms with van der Waals surface area (Å²) in [6.07, 6.45) is 3.33. The van der Waals surface area contributed by atoms with Gasteiger partial charge in [-0.1, -0.05) is 6.42 Å². The predicted octanol–water partition coefficient (Wildman–Crippen LogP) is 0.656. The summed E-state index contributed by atoms with van der Waals surface area (Å²) in [6.45, 7) is 0.583. The van der Waals surface area contributed by atoms with E-state index < -0.39 is 21.4 Å². The molecule has 1 saturated heterocycles. The van der Waals surface area contributed by atoms with Crippen molar-refractivity contribution in [3.63, 3.8) is 0 Å². The molecule has 0 bridgehead atoms. The summed E-state index contributed by atoms with van der Waals surface area (Å²) in [4.78, 5) is 25.8. The zero-order valence-corrected chi connectivity index (χ0v) is 14.1. The summed E-state index contributed by atoms with van der Waals surface area (Å²) >= 11 is 0. The molecule has 2 atom stereocenters. The number of carbonyl (C=O) groups is 2. The molecule has 0 aromatic carbocycles. The minimum absolute atomic E-state index is 0.0136. The van der Waals surface area contributed by atoms with E-state index in [1.54, 1.807) is 0 Å². The van der Waals surface area contributed by atoms with Crippen molar-refractivity contribution in [2.24, 2.45) is 11.3 Å². The van der Waals surface area contributed by atoms with E-state index in [9.17, 15) is 23.1 Å². The fraction of sp³-hybridized carbons (Fsp3) is 0.600. The molecule has 8 nitrogen and oxygen atoms in total. The number of hydrogen-bond acceptors (Lipinski definition) is 5. The lowest BCUT2D eigenvalue weighted by Crippen LogP contribution is -2.37. The normalized spacial score (nSPS) is 26.5. The number of likely N-dealkylation sites (tertiary alicyclic amines) is 1. The van der Waals surface area contributed by atoms with Crippen LogP contribution in [0.2, 0.25) is 0 Å². The van der Waals surface area contributed by atoms with Crippen LogP contribution in [0.25, 0.3) is 0 Å². The molecule has 1 aliphatic heterocycles. The van der Waals surface area contributed by atoms with Crippen LogP contribution < -0.4 is 4.72 Å². The molecule has 1 aromatic rings. The van der Waals surface area contributed by atoms with Gasteiger partial charge >= 0.3 is 5.97 Å². The second kappa shape index (κ2) is 5.89. The third-order valence-electron chi connectivity index (χ3n) is 4.96. The van der Waals surface area contributed by atoms with Gasteiger partial charge in [0.1, 0.15) is 5.76 Å². The van der Waals surface area contributed by atoms with Gasteiger partial charge < -0.3 is 14.4 Å². The number of sulfonamides is 1. The predicted molar refractivity (Wildman–Crippen MR) is 83.7 cm³/mol. The maximum absolute atomic E-state index is 12.6. The van der Waals surface area contributed by atoms with E-state index in [1.807, 2.05) is 0 Å². The Bertz CT molecular complexity index is 771. The summed E-state index contributed by atoms with van der Waals surface area (Å²) in [5.74, 6) is -0.773. The Morgan fingerprint density at radius 3 is 2.83 bits per heavy atom. The van der Waals surface area contributed by atoms with Crippen LogP contribution in [0.15, 0.2) is 16.5 Å². The Labute approximate surface area is 139 Å². The number of hydrogen-bond donors (Lipinski definition) is 2. The summed E-state index contributed by atoms with van der Waals surface area (Å²) in [6, 6.07) is 3.03. The van der Waals surface area contributed by atoms with Gasteiger partial charge in [-0.3, -0.25) is 9.59 Å². The lowest BCUT2D eigenvalue weighted by Gasteiger charge is -2.22. The second-order valence-electron chi connectivity index (χ2n) is 6.60. The SMILES string of the molecule is CS(=O)(=O)NCc1ccc(C(=O)N2C[C@@H]3CCC[C@@]3(C(=O)O)C2)o1. The quantitative estimate of drug-likeness (QED) is 0.800. The lowest BCUT2D eigenvalue weighted by atomic mass is 9.81. The molecule has 3 rings (SSSR count). The number of carbonyl (C=O) groups excluding carboxylic acids is 1. The van der Waals surface area contributed by atoms with Crippen molar-refractivity contribution in [3.05, 3.63) is 23.7 Å². The van der Waals surface area contributed by atoms with Crippen LogP contribution in [0.1, 0.15) is 35.6 Å². The van der Waals surface area contributed by atoms with E-state index in [4.69, 9.17) is 4.42 Å². The van der Waals surface area contributed by atoms with Crippen molar-refractivity contribution in [2.45, 2.75) is 25.8 Å². The first-order chi connectivity index (χ1) is 11.2. The molecule has 2 heterocycles. The number of nitrogens with one attached hydrogen (secondary N) is 1. The molecule has 132 valence electrons. The smallest absolute Gasteiger partial charge is 0.311 e. The number of amides is 1. The van der Waals surface area contributed by atoms with Crippen LogP contribution in [-0.2, 0) is 21.4 Å². The molecule has 1 saturated carbocycles. The van der Waals surface area contributed by atoms with Gasteiger partial charge in [0, 0.05) is 13.1 Å². The van der Waals surface area contributed by atoms with E-state index >= 15 is 0 Å². The van der Waals surface area contributed by atoms with Crippen molar-refractivity contribution in [2.75, 3.05) is 19.3 Å². The molecule has 0 unspecified atom stereocenters.